The maximum absolute atomic E-state index is 13.2. The van der Waals surface area contributed by atoms with Gasteiger partial charge in [-0.3, -0.25) is 4.79 Å². The van der Waals surface area contributed by atoms with E-state index in [-0.39, 0.29) is 18.0 Å². The lowest BCUT2D eigenvalue weighted by Crippen LogP contribution is -2.40. The van der Waals surface area contributed by atoms with Gasteiger partial charge in [0.1, 0.15) is 5.76 Å². The summed E-state index contributed by atoms with van der Waals surface area (Å²) in [7, 11) is -3.99. The minimum Gasteiger partial charge on any atom is -0.467 e. The summed E-state index contributed by atoms with van der Waals surface area (Å²) >= 11 is 17.9. The lowest BCUT2D eigenvalue weighted by molar-refractivity contribution is -0.121. The number of hydrogen-bond acceptors (Lipinski definition) is 4. The van der Waals surface area contributed by atoms with Crippen LogP contribution in [0.15, 0.2) is 70.2 Å². The van der Waals surface area contributed by atoms with Gasteiger partial charge in [-0.05, 0) is 54.1 Å². The molecule has 30 heavy (non-hydrogen) atoms. The third kappa shape index (κ3) is 5.77. The van der Waals surface area contributed by atoms with Crippen LogP contribution in [0.4, 0.5) is 0 Å². The number of furan rings is 1. The van der Waals surface area contributed by atoms with E-state index in [0.29, 0.717) is 26.4 Å². The molecular formula is C20H17Cl3N2O4S. The summed E-state index contributed by atoms with van der Waals surface area (Å²) < 4.78 is 32.6. The Labute approximate surface area is 189 Å². The summed E-state index contributed by atoms with van der Waals surface area (Å²) in [4.78, 5) is 12.5. The van der Waals surface area contributed by atoms with E-state index in [1.54, 1.807) is 30.3 Å². The Hall–Kier alpha value is -2.03. The molecule has 1 aromatic heterocycles. The first-order valence-corrected chi connectivity index (χ1v) is 11.3. The van der Waals surface area contributed by atoms with Crippen molar-refractivity contribution in [2.24, 2.45) is 0 Å². The Balaban J connectivity index is 1.84. The van der Waals surface area contributed by atoms with Crippen LogP contribution in [0.3, 0.4) is 0 Å². The summed E-state index contributed by atoms with van der Waals surface area (Å²) in [6.07, 6.45) is 1.49. The normalized spacial score (nSPS) is 11.6. The highest BCUT2D eigenvalue weighted by molar-refractivity contribution is 7.89. The largest absolute Gasteiger partial charge is 0.467 e. The van der Waals surface area contributed by atoms with E-state index in [9.17, 15) is 13.2 Å². The van der Waals surface area contributed by atoms with Crippen LogP contribution in [0.5, 0.6) is 0 Å². The number of benzene rings is 2. The van der Waals surface area contributed by atoms with Gasteiger partial charge in [-0.1, -0.05) is 40.9 Å². The third-order valence-corrected chi connectivity index (χ3v) is 6.95. The Kier molecular flexibility index (Phi) is 7.44. The Morgan fingerprint density at radius 2 is 1.73 bits per heavy atom. The zero-order valence-corrected chi connectivity index (χ0v) is 18.6. The van der Waals surface area contributed by atoms with E-state index in [0.717, 1.165) is 4.31 Å². The van der Waals surface area contributed by atoms with E-state index >= 15 is 0 Å². The molecule has 0 fully saturated rings. The van der Waals surface area contributed by atoms with Gasteiger partial charge in [-0.15, -0.1) is 0 Å². The molecule has 2 aromatic carbocycles. The van der Waals surface area contributed by atoms with Crippen molar-refractivity contribution in [2.75, 3.05) is 6.54 Å². The first kappa shape index (κ1) is 22.7. The van der Waals surface area contributed by atoms with Crippen LogP contribution in [-0.2, 0) is 27.9 Å². The molecule has 1 N–H and O–H groups in total. The fourth-order valence-electron chi connectivity index (χ4n) is 2.64. The molecule has 0 bridgehead atoms. The standard InChI is InChI=1S/C20H17Cl3N2O4S/c21-15-4-6-17(7-5-15)30(27,28)25(12-14-3-8-18(22)19(23)10-14)13-20(26)24-11-16-2-1-9-29-16/h1-10H,11-13H2,(H,24,26). The maximum atomic E-state index is 13.2. The first-order valence-electron chi connectivity index (χ1n) is 8.74. The van der Waals surface area contributed by atoms with Crippen molar-refractivity contribution in [3.05, 3.63) is 87.3 Å². The van der Waals surface area contributed by atoms with Crippen LogP contribution >= 0.6 is 34.8 Å². The molecule has 158 valence electrons. The fraction of sp³-hybridized carbons (Fsp3) is 0.150. The second-order valence-electron chi connectivity index (χ2n) is 6.33. The molecule has 1 amide bonds. The number of carbonyl (C=O) groups is 1. The summed E-state index contributed by atoms with van der Waals surface area (Å²) in [6.45, 7) is -0.324. The van der Waals surface area contributed by atoms with Crippen LogP contribution in [0.25, 0.3) is 0 Å². The fourth-order valence-corrected chi connectivity index (χ4v) is 4.47. The van der Waals surface area contributed by atoms with Crippen LogP contribution in [0, 0.1) is 0 Å². The van der Waals surface area contributed by atoms with Gasteiger partial charge in [0.15, 0.2) is 0 Å². The summed E-state index contributed by atoms with van der Waals surface area (Å²) in [5.41, 5.74) is 0.584. The molecule has 0 saturated carbocycles. The first-order chi connectivity index (χ1) is 14.3. The minimum atomic E-state index is -3.99. The number of amides is 1. The zero-order chi connectivity index (χ0) is 21.7. The number of nitrogens with one attached hydrogen (secondary N) is 1. The highest BCUT2D eigenvalue weighted by atomic mass is 35.5. The highest BCUT2D eigenvalue weighted by Crippen LogP contribution is 2.25. The van der Waals surface area contributed by atoms with Crippen molar-refractivity contribution in [3.63, 3.8) is 0 Å². The zero-order valence-electron chi connectivity index (χ0n) is 15.5. The van der Waals surface area contributed by atoms with Crippen molar-refractivity contribution in [1.82, 2.24) is 9.62 Å². The van der Waals surface area contributed by atoms with Gasteiger partial charge in [0.05, 0.1) is 34.3 Å². The monoisotopic (exact) mass is 486 g/mol. The molecule has 0 aliphatic rings. The maximum Gasteiger partial charge on any atom is 0.243 e. The number of halogens is 3. The SMILES string of the molecule is O=C(CN(Cc1ccc(Cl)c(Cl)c1)S(=O)(=O)c1ccc(Cl)cc1)NCc1ccco1. The van der Waals surface area contributed by atoms with Gasteiger partial charge >= 0.3 is 0 Å². The number of carbonyl (C=O) groups excluding carboxylic acids is 1. The molecule has 0 spiro atoms. The summed E-state index contributed by atoms with van der Waals surface area (Å²) in [6, 6.07) is 13.9. The quantitative estimate of drug-likeness (QED) is 0.497. The molecule has 0 atom stereocenters. The molecule has 6 nitrogen and oxygen atoms in total. The van der Waals surface area contributed by atoms with Gasteiger partial charge in [0.2, 0.25) is 15.9 Å². The van der Waals surface area contributed by atoms with Gasteiger partial charge in [-0.2, -0.15) is 4.31 Å². The Morgan fingerprint density at radius 1 is 1.00 bits per heavy atom. The highest BCUT2D eigenvalue weighted by Gasteiger charge is 2.27. The van der Waals surface area contributed by atoms with Crippen molar-refractivity contribution in [3.8, 4) is 0 Å². The van der Waals surface area contributed by atoms with Crippen LogP contribution < -0.4 is 5.32 Å². The summed E-state index contributed by atoms with van der Waals surface area (Å²) in [5.74, 6) is 0.0731. The molecule has 0 aliphatic carbocycles. The second-order valence-corrected chi connectivity index (χ2v) is 9.52. The predicted octanol–water partition coefficient (Wildman–Crippen LogP) is 4.75. The number of sulfonamides is 1. The number of rotatable bonds is 8. The molecule has 10 heteroatoms. The molecule has 0 radical (unpaired) electrons. The second kappa shape index (κ2) is 9.85. The van der Waals surface area contributed by atoms with Crippen LogP contribution in [0.2, 0.25) is 15.1 Å². The summed E-state index contributed by atoms with van der Waals surface area (Å²) in [5, 5.41) is 3.69. The van der Waals surface area contributed by atoms with E-state index < -0.39 is 22.5 Å². The predicted molar refractivity (Wildman–Crippen MR) is 116 cm³/mol. The molecule has 0 unspecified atom stereocenters. The van der Waals surface area contributed by atoms with E-state index in [1.165, 1.54) is 30.5 Å². The van der Waals surface area contributed by atoms with Crippen LogP contribution in [0.1, 0.15) is 11.3 Å². The van der Waals surface area contributed by atoms with E-state index in [4.69, 9.17) is 39.2 Å². The van der Waals surface area contributed by atoms with Crippen molar-refractivity contribution >= 4 is 50.7 Å². The molecule has 3 rings (SSSR count). The molecule has 1 heterocycles. The van der Waals surface area contributed by atoms with Gasteiger partial charge < -0.3 is 9.73 Å². The average Bonchev–Trinajstić information content (AvgIpc) is 3.23. The Bertz CT molecular complexity index is 1120. The third-order valence-electron chi connectivity index (χ3n) is 4.15. The van der Waals surface area contributed by atoms with Crippen molar-refractivity contribution in [1.29, 1.82) is 0 Å². The number of hydrogen-bond donors (Lipinski definition) is 1. The topological polar surface area (TPSA) is 79.6 Å². The molecule has 0 saturated heterocycles. The average molecular weight is 488 g/mol. The lowest BCUT2D eigenvalue weighted by atomic mass is 10.2. The van der Waals surface area contributed by atoms with Crippen molar-refractivity contribution < 1.29 is 17.6 Å². The van der Waals surface area contributed by atoms with Crippen molar-refractivity contribution in [2.45, 2.75) is 18.0 Å². The van der Waals surface area contributed by atoms with Gasteiger partial charge in [0.25, 0.3) is 0 Å². The molecule has 0 aliphatic heterocycles. The molecule has 3 aromatic rings. The number of nitrogens with zero attached hydrogens (tertiary/aromatic N) is 1. The molecular weight excluding hydrogens is 471 g/mol. The van der Waals surface area contributed by atoms with E-state index in [2.05, 4.69) is 5.32 Å². The lowest BCUT2D eigenvalue weighted by Gasteiger charge is -2.22. The Morgan fingerprint density at radius 3 is 2.37 bits per heavy atom. The van der Waals surface area contributed by atoms with Crippen LogP contribution in [-0.4, -0.2) is 25.2 Å². The van der Waals surface area contributed by atoms with Gasteiger partial charge in [0, 0.05) is 11.6 Å². The minimum absolute atomic E-state index is 0.0193. The van der Waals surface area contributed by atoms with Gasteiger partial charge in [-0.25, -0.2) is 8.42 Å². The smallest absolute Gasteiger partial charge is 0.243 e. The van der Waals surface area contributed by atoms with E-state index in [1.807, 2.05) is 0 Å².